The monoisotopic (exact) mass is 425 g/mol. The van der Waals surface area contributed by atoms with E-state index in [0.717, 1.165) is 0 Å². The summed E-state index contributed by atoms with van der Waals surface area (Å²) in [5.41, 5.74) is 6.35. The lowest BCUT2D eigenvalue weighted by atomic mass is 9.81. The van der Waals surface area contributed by atoms with Crippen LogP contribution in [0.15, 0.2) is 59.5 Å². The van der Waals surface area contributed by atoms with Crippen molar-refractivity contribution in [2.75, 3.05) is 11.3 Å². The minimum Gasteiger partial charge on any atom is -0.351 e. The fraction of sp³-hybridized carbons (Fsp3) is 0.350. The van der Waals surface area contributed by atoms with Crippen molar-refractivity contribution in [3.8, 4) is 0 Å². The number of nitrogens with two attached hydrogens (primary N) is 1. The van der Waals surface area contributed by atoms with Crippen LogP contribution in [0.4, 0.5) is 5.69 Å². The highest BCUT2D eigenvalue weighted by Gasteiger charge is 2.33. The first-order valence-electron chi connectivity index (χ1n) is 9.02. The molecule has 4 N–H and O–H groups in total. The van der Waals surface area contributed by atoms with Gasteiger partial charge in [0.05, 0.1) is 16.0 Å². The van der Waals surface area contributed by atoms with Gasteiger partial charge in [-0.05, 0) is 36.6 Å². The van der Waals surface area contributed by atoms with E-state index in [1.807, 2.05) is 13.8 Å². The summed E-state index contributed by atoms with van der Waals surface area (Å²) in [5, 5.41) is 2.90. The topological polar surface area (TPSA) is 101 Å². The Morgan fingerprint density at radius 1 is 1.00 bits per heavy atom. The molecule has 154 valence electrons. The summed E-state index contributed by atoms with van der Waals surface area (Å²) in [7, 11) is -3.70. The Balaban J connectivity index is 0.00000392. The molecule has 0 heterocycles. The number of carbonyl (C=O) groups is 1. The molecule has 0 aliphatic heterocycles. The number of sulfonamides is 1. The van der Waals surface area contributed by atoms with E-state index in [9.17, 15) is 13.2 Å². The molecular formula is C20H28ClN3O3S. The number of hydrogen-bond acceptors (Lipinski definition) is 4. The lowest BCUT2D eigenvalue weighted by Crippen LogP contribution is -2.45. The zero-order valence-electron chi connectivity index (χ0n) is 16.1. The molecule has 0 aliphatic rings. The van der Waals surface area contributed by atoms with E-state index in [-0.39, 0.29) is 36.3 Å². The van der Waals surface area contributed by atoms with Gasteiger partial charge in [-0.3, -0.25) is 9.52 Å². The average molecular weight is 426 g/mol. The summed E-state index contributed by atoms with van der Waals surface area (Å²) < 4.78 is 27.8. The van der Waals surface area contributed by atoms with Crippen LogP contribution in [0.3, 0.4) is 0 Å². The highest BCUT2D eigenvalue weighted by molar-refractivity contribution is 7.92. The highest BCUT2D eigenvalue weighted by atomic mass is 35.5. The van der Waals surface area contributed by atoms with Gasteiger partial charge in [0.15, 0.2) is 0 Å². The second kappa shape index (κ2) is 10.5. The van der Waals surface area contributed by atoms with E-state index in [1.165, 1.54) is 12.1 Å². The Bertz CT molecular complexity index is 861. The molecule has 0 saturated heterocycles. The molecule has 2 aromatic carbocycles. The maximum atomic E-state index is 12.6. The lowest BCUT2D eigenvalue weighted by molar-refractivity contribution is -0.131. The molecule has 0 aliphatic carbocycles. The molecule has 0 aromatic heterocycles. The Kier molecular flexibility index (Phi) is 8.94. The second-order valence-electron chi connectivity index (χ2n) is 6.45. The van der Waals surface area contributed by atoms with Gasteiger partial charge in [-0.15, -0.1) is 12.4 Å². The predicted octanol–water partition coefficient (Wildman–Crippen LogP) is 3.29. The second-order valence-corrected chi connectivity index (χ2v) is 8.13. The first-order chi connectivity index (χ1) is 12.9. The normalized spacial score (nSPS) is 11.4. The van der Waals surface area contributed by atoms with Crippen LogP contribution in [0, 0.1) is 5.41 Å². The van der Waals surface area contributed by atoms with Crippen molar-refractivity contribution in [1.82, 2.24) is 5.32 Å². The van der Waals surface area contributed by atoms with Crippen molar-refractivity contribution in [3.63, 3.8) is 0 Å². The number of halogens is 1. The first-order valence-corrected chi connectivity index (χ1v) is 10.5. The van der Waals surface area contributed by atoms with Gasteiger partial charge in [-0.2, -0.15) is 0 Å². The molecule has 6 nitrogen and oxygen atoms in total. The van der Waals surface area contributed by atoms with Crippen molar-refractivity contribution in [1.29, 1.82) is 0 Å². The molecule has 0 saturated carbocycles. The molecule has 0 fully saturated rings. The first kappa shape index (κ1) is 23.9. The van der Waals surface area contributed by atoms with Crippen LogP contribution in [-0.4, -0.2) is 20.9 Å². The molecule has 0 bridgehead atoms. The van der Waals surface area contributed by atoms with Gasteiger partial charge < -0.3 is 11.1 Å². The van der Waals surface area contributed by atoms with Crippen LogP contribution in [0.25, 0.3) is 0 Å². The number of amides is 1. The maximum Gasteiger partial charge on any atom is 0.261 e. The third-order valence-corrected chi connectivity index (χ3v) is 6.36. The van der Waals surface area contributed by atoms with Crippen molar-refractivity contribution in [2.45, 2.75) is 38.1 Å². The molecule has 0 unspecified atom stereocenters. The SMILES string of the molecule is CCC(CC)(CN)C(=O)NCc1ccccc1NS(=O)(=O)c1ccccc1.Cl. The number of nitrogens with one attached hydrogen (secondary N) is 2. The molecular weight excluding hydrogens is 398 g/mol. The molecule has 0 radical (unpaired) electrons. The molecule has 0 atom stereocenters. The van der Waals surface area contributed by atoms with Gasteiger partial charge in [0.2, 0.25) is 5.91 Å². The number of para-hydroxylation sites is 1. The summed E-state index contributed by atoms with van der Waals surface area (Å²) in [6.45, 7) is 4.37. The number of hydrogen-bond donors (Lipinski definition) is 3. The molecule has 28 heavy (non-hydrogen) atoms. The van der Waals surface area contributed by atoms with E-state index in [0.29, 0.717) is 24.1 Å². The largest absolute Gasteiger partial charge is 0.351 e. The van der Waals surface area contributed by atoms with Crippen LogP contribution in [0.2, 0.25) is 0 Å². The van der Waals surface area contributed by atoms with Crippen LogP contribution in [-0.2, 0) is 21.4 Å². The number of carbonyl (C=O) groups excluding carboxylic acids is 1. The third-order valence-electron chi connectivity index (χ3n) is 4.98. The van der Waals surface area contributed by atoms with Crippen molar-refractivity contribution >= 4 is 34.0 Å². The Morgan fingerprint density at radius 3 is 2.14 bits per heavy atom. The molecule has 8 heteroatoms. The van der Waals surface area contributed by atoms with Crippen LogP contribution in [0.5, 0.6) is 0 Å². The van der Waals surface area contributed by atoms with Crippen LogP contribution in [0.1, 0.15) is 32.3 Å². The summed E-state index contributed by atoms with van der Waals surface area (Å²) in [6.07, 6.45) is 1.29. The van der Waals surface area contributed by atoms with Gasteiger partial charge in [0.1, 0.15) is 0 Å². The van der Waals surface area contributed by atoms with Gasteiger partial charge in [0.25, 0.3) is 10.0 Å². The zero-order chi connectivity index (χ0) is 19.9. The van der Waals surface area contributed by atoms with Crippen LogP contribution >= 0.6 is 12.4 Å². The van der Waals surface area contributed by atoms with E-state index in [2.05, 4.69) is 10.0 Å². The lowest BCUT2D eigenvalue weighted by Gasteiger charge is -2.28. The van der Waals surface area contributed by atoms with E-state index >= 15 is 0 Å². The quantitative estimate of drug-likeness (QED) is 0.573. The maximum absolute atomic E-state index is 12.6. The number of anilines is 1. The number of rotatable bonds is 9. The smallest absolute Gasteiger partial charge is 0.261 e. The third kappa shape index (κ3) is 5.47. The van der Waals surface area contributed by atoms with Gasteiger partial charge in [-0.1, -0.05) is 50.2 Å². The van der Waals surface area contributed by atoms with E-state index < -0.39 is 15.4 Å². The van der Waals surface area contributed by atoms with Crippen LogP contribution < -0.4 is 15.8 Å². The van der Waals surface area contributed by atoms with Gasteiger partial charge in [0, 0.05) is 13.1 Å². The van der Waals surface area contributed by atoms with E-state index in [4.69, 9.17) is 5.73 Å². The minimum atomic E-state index is -3.70. The Hall–Kier alpha value is -2.09. The van der Waals surface area contributed by atoms with E-state index in [1.54, 1.807) is 42.5 Å². The Morgan fingerprint density at radius 2 is 1.57 bits per heavy atom. The molecule has 2 rings (SSSR count). The van der Waals surface area contributed by atoms with Crippen molar-refractivity contribution in [3.05, 3.63) is 60.2 Å². The number of benzene rings is 2. The summed E-state index contributed by atoms with van der Waals surface area (Å²) >= 11 is 0. The summed E-state index contributed by atoms with van der Waals surface area (Å²) in [4.78, 5) is 12.8. The molecule has 1 amide bonds. The molecule has 2 aromatic rings. The van der Waals surface area contributed by atoms with Crippen molar-refractivity contribution in [2.24, 2.45) is 11.1 Å². The predicted molar refractivity (Wildman–Crippen MR) is 115 cm³/mol. The summed E-state index contributed by atoms with van der Waals surface area (Å²) in [5.74, 6) is -0.115. The standard InChI is InChI=1S/C20H27N3O3S.ClH/c1-3-20(4-2,15-21)19(24)22-14-16-10-8-9-13-18(16)23-27(25,26)17-11-6-5-7-12-17;/h5-13,23H,3-4,14-15,21H2,1-2H3,(H,22,24);1H. The fourth-order valence-corrected chi connectivity index (χ4v) is 4.01. The van der Waals surface area contributed by atoms with Gasteiger partial charge >= 0.3 is 0 Å². The average Bonchev–Trinajstić information content (AvgIpc) is 2.69. The summed E-state index contributed by atoms with van der Waals surface area (Å²) in [6, 6.07) is 15.2. The highest BCUT2D eigenvalue weighted by Crippen LogP contribution is 2.26. The molecule has 0 spiro atoms. The van der Waals surface area contributed by atoms with Gasteiger partial charge in [-0.25, -0.2) is 8.42 Å². The zero-order valence-corrected chi connectivity index (χ0v) is 17.8. The minimum absolute atomic E-state index is 0. The fourth-order valence-electron chi connectivity index (χ4n) is 2.89. The van der Waals surface area contributed by atoms with Crippen molar-refractivity contribution < 1.29 is 13.2 Å². The Labute approximate surface area is 173 Å².